The van der Waals surface area contributed by atoms with Gasteiger partial charge >= 0.3 is 0 Å². The molecule has 3 heteroatoms. The number of nitrogens with one attached hydrogen (secondary N) is 2. The summed E-state index contributed by atoms with van der Waals surface area (Å²) in [5, 5.41) is 9.84. The van der Waals surface area contributed by atoms with Gasteiger partial charge in [0, 0.05) is 12.4 Å². The predicted octanol–water partition coefficient (Wildman–Crippen LogP) is 2.62. The first-order valence-corrected chi connectivity index (χ1v) is 4.58. The molecule has 0 radical (unpaired) electrons. The highest BCUT2D eigenvalue weighted by molar-refractivity contribution is 7.15. The van der Waals surface area contributed by atoms with E-state index < -0.39 is 0 Å². The van der Waals surface area contributed by atoms with E-state index in [4.69, 9.17) is 0 Å². The first-order chi connectivity index (χ1) is 5.42. The molecule has 1 aliphatic rings. The van der Waals surface area contributed by atoms with Gasteiger partial charge in [-0.1, -0.05) is 6.92 Å². The summed E-state index contributed by atoms with van der Waals surface area (Å²) in [5.41, 5.74) is 2.64. The highest BCUT2D eigenvalue weighted by atomic mass is 32.1. The Morgan fingerprint density at radius 2 is 2.18 bits per heavy atom. The number of rotatable bonds is 1. The number of thiophene rings is 1. The Morgan fingerprint density at radius 3 is 3.00 bits per heavy atom. The van der Waals surface area contributed by atoms with Crippen molar-refractivity contribution < 1.29 is 0 Å². The second kappa shape index (κ2) is 2.58. The third-order valence-corrected chi connectivity index (χ3v) is 2.73. The van der Waals surface area contributed by atoms with Gasteiger partial charge in [-0.3, -0.25) is 0 Å². The highest BCUT2D eigenvalue weighted by Gasteiger charge is 2.09. The van der Waals surface area contributed by atoms with E-state index in [1.165, 1.54) is 16.3 Å². The molecule has 1 aromatic heterocycles. The molecular formula is C8H10N2S. The van der Waals surface area contributed by atoms with Crippen molar-refractivity contribution in [3.63, 3.8) is 0 Å². The molecule has 2 N–H and O–H groups in total. The molecule has 11 heavy (non-hydrogen) atoms. The normalized spacial score (nSPS) is 13.5. The Hall–Kier alpha value is -0.960. The third kappa shape index (κ3) is 1.01. The van der Waals surface area contributed by atoms with Gasteiger partial charge in [0.1, 0.15) is 5.00 Å². The van der Waals surface area contributed by atoms with Crippen molar-refractivity contribution in [1.29, 1.82) is 0 Å². The van der Waals surface area contributed by atoms with Gasteiger partial charge in [-0.05, 0) is 17.4 Å². The number of aryl methyl sites for hydroxylation is 1. The van der Waals surface area contributed by atoms with Crippen LogP contribution in [0.15, 0.2) is 17.8 Å². The molecule has 0 bridgehead atoms. The van der Waals surface area contributed by atoms with Crippen LogP contribution in [0.4, 0.5) is 10.7 Å². The van der Waals surface area contributed by atoms with E-state index in [0.717, 1.165) is 6.42 Å². The first-order valence-electron chi connectivity index (χ1n) is 3.70. The van der Waals surface area contributed by atoms with Crippen LogP contribution in [0.2, 0.25) is 0 Å². The maximum absolute atomic E-state index is 3.23. The second-order valence-electron chi connectivity index (χ2n) is 2.44. The molecule has 0 saturated heterocycles. The third-order valence-electron chi connectivity index (χ3n) is 1.77. The summed E-state index contributed by atoms with van der Waals surface area (Å²) in [6.07, 6.45) is 4.93. The van der Waals surface area contributed by atoms with Crippen molar-refractivity contribution in [2.75, 3.05) is 10.6 Å². The molecule has 2 rings (SSSR count). The minimum atomic E-state index is 1.09. The average Bonchev–Trinajstić information content (AvgIpc) is 2.47. The van der Waals surface area contributed by atoms with E-state index in [-0.39, 0.29) is 0 Å². The minimum Gasteiger partial charge on any atom is -0.358 e. The van der Waals surface area contributed by atoms with Gasteiger partial charge < -0.3 is 10.6 Å². The van der Waals surface area contributed by atoms with Gasteiger partial charge in [0.15, 0.2) is 0 Å². The molecule has 58 valence electrons. The van der Waals surface area contributed by atoms with Crippen molar-refractivity contribution in [3.05, 3.63) is 23.3 Å². The number of hydrogen-bond acceptors (Lipinski definition) is 3. The van der Waals surface area contributed by atoms with Crippen molar-refractivity contribution in [2.24, 2.45) is 0 Å². The van der Waals surface area contributed by atoms with Crippen molar-refractivity contribution in [3.8, 4) is 0 Å². The lowest BCUT2D eigenvalue weighted by Crippen LogP contribution is -2.00. The van der Waals surface area contributed by atoms with E-state index in [0.29, 0.717) is 0 Å². The largest absolute Gasteiger partial charge is 0.358 e. The molecule has 0 atom stereocenters. The zero-order chi connectivity index (χ0) is 7.68. The summed E-state index contributed by atoms with van der Waals surface area (Å²) in [5.74, 6) is 0. The van der Waals surface area contributed by atoms with E-state index in [1.54, 1.807) is 11.3 Å². The van der Waals surface area contributed by atoms with E-state index in [9.17, 15) is 0 Å². The van der Waals surface area contributed by atoms with Crippen LogP contribution in [0, 0.1) is 0 Å². The smallest absolute Gasteiger partial charge is 0.117 e. The molecule has 0 amide bonds. The lowest BCUT2D eigenvalue weighted by atomic mass is 10.2. The fourth-order valence-corrected chi connectivity index (χ4v) is 2.15. The molecular weight excluding hydrogens is 156 g/mol. The molecule has 0 saturated carbocycles. The molecule has 1 aliphatic heterocycles. The van der Waals surface area contributed by atoms with Crippen molar-refractivity contribution >= 4 is 22.0 Å². The van der Waals surface area contributed by atoms with Crippen LogP contribution >= 0.6 is 11.3 Å². The lowest BCUT2D eigenvalue weighted by Gasteiger charge is -2.10. The molecule has 0 aliphatic carbocycles. The maximum atomic E-state index is 3.23. The Bertz CT molecular complexity index is 288. The molecule has 2 heterocycles. The van der Waals surface area contributed by atoms with Crippen LogP contribution in [0.5, 0.6) is 0 Å². The molecule has 0 unspecified atom stereocenters. The van der Waals surface area contributed by atoms with Gasteiger partial charge in [0.2, 0.25) is 0 Å². The fourth-order valence-electron chi connectivity index (χ4n) is 1.16. The zero-order valence-corrected chi connectivity index (χ0v) is 7.16. The van der Waals surface area contributed by atoms with Crippen LogP contribution < -0.4 is 10.6 Å². The average molecular weight is 166 g/mol. The molecule has 2 nitrogen and oxygen atoms in total. The Morgan fingerprint density at radius 1 is 1.36 bits per heavy atom. The van der Waals surface area contributed by atoms with E-state index in [2.05, 4.69) is 22.9 Å². The van der Waals surface area contributed by atoms with Crippen LogP contribution in [0.1, 0.15) is 12.5 Å². The summed E-state index contributed by atoms with van der Waals surface area (Å²) >= 11 is 1.75. The Balaban J connectivity index is 2.42. The molecule has 0 aromatic carbocycles. The van der Waals surface area contributed by atoms with Crippen LogP contribution in [-0.4, -0.2) is 0 Å². The Kier molecular flexibility index (Phi) is 1.58. The van der Waals surface area contributed by atoms with Gasteiger partial charge in [-0.15, -0.1) is 11.3 Å². The lowest BCUT2D eigenvalue weighted by molar-refractivity contribution is 1.15. The summed E-state index contributed by atoms with van der Waals surface area (Å²) in [7, 11) is 0. The fraction of sp³-hybridized carbons (Fsp3) is 0.250. The maximum Gasteiger partial charge on any atom is 0.117 e. The topological polar surface area (TPSA) is 24.1 Å². The number of fused-ring (bicyclic) bond motifs is 1. The van der Waals surface area contributed by atoms with Gasteiger partial charge in [0.05, 0.1) is 5.69 Å². The van der Waals surface area contributed by atoms with E-state index in [1.807, 2.05) is 12.4 Å². The summed E-state index contributed by atoms with van der Waals surface area (Å²) in [6, 6.07) is 0. The van der Waals surface area contributed by atoms with Crippen LogP contribution in [-0.2, 0) is 6.42 Å². The summed E-state index contributed by atoms with van der Waals surface area (Å²) < 4.78 is 0. The SMILES string of the molecule is CCc1csc2c1NC=CN2. The van der Waals surface area contributed by atoms with Crippen LogP contribution in [0.25, 0.3) is 0 Å². The quantitative estimate of drug-likeness (QED) is 0.670. The van der Waals surface area contributed by atoms with Crippen LogP contribution in [0.3, 0.4) is 0 Å². The highest BCUT2D eigenvalue weighted by Crippen LogP contribution is 2.35. The number of hydrogen-bond donors (Lipinski definition) is 2. The minimum absolute atomic E-state index is 1.09. The zero-order valence-electron chi connectivity index (χ0n) is 6.35. The number of anilines is 2. The first kappa shape index (κ1) is 6.73. The Labute approximate surface area is 69.9 Å². The van der Waals surface area contributed by atoms with Gasteiger partial charge in [-0.25, -0.2) is 0 Å². The van der Waals surface area contributed by atoms with E-state index >= 15 is 0 Å². The monoisotopic (exact) mass is 166 g/mol. The molecule has 0 fully saturated rings. The van der Waals surface area contributed by atoms with Gasteiger partial charge in [-0.2, -0.15) is 0 Å². The molecule has 1 aromatic rings. The summed E-state index contributed by atoms with van der Waals surface area (Å²) in [6.45, 7) is 2.17. The second-order valence-corrected chi connectivity index (χ2v) is 3.32. The van der Waals surface area contributed by atoms with Crippen molar-refractivity contribution in [1.82, 2.24) is 0 Å². The van der Waals surface area contributed by atoms with Crippen molar-refractivity contribution in [2.45, 2.75) is 13.3 Å². The predicted molar refractivity (Wildman–Crippen MR) is 50.1 cm³/mol. The summed E-state index contributed by atoms with van der Waals surface area (Å²) in [4.78, 5) is 0. The molecule has 0 spiro atoms. The standard InChI is InChI=1S/C8H10N2S/c1-2-6-5-11-8-7(6)9-3-4-10-8/h3-5,9-10H,2H2,1H3. The van der Waals surface area contributed by atoms with Gasteiger partial charge in [0.25, 0.3) is 0 Å².